The first-order valence-electron chi connectivity index (χ1n) is 10.2. The average molecular weight is 444 g/mol. The Morgan fingerprint density at radius 3 is 2.23 bits per heavy atom. The molecule has 0 saturated carbocycles. The third-order valence-electron chi connectivity index (χ3n) is 5.38. The number of nitrogens with zero attached hydrogens (tertiary/aromatic N) is 3. The molecule has 1 amide bonds. The lowest BCUT2D eigenvalue weighted by Gasteiger charge is -2.32. The Morgan fingerprint density at radius 1 is 1.06 bits per heavy atom. The number of hydrogen-bond donors (Lipinski definition) is 0. The van der Waals surface area contributed by atoms with Gasteiger partial charge in [-0.05, 0) is 49.0 Å². The van der Waals surface area contributed by atoms with Gasteiger partial charge in [0.1, 0.15) is 5.75 Å². The van der Waals surface area contributed by atoms with Gasteiger partial charge in [0.15, 0.2) is 0 Å². The van der Waals surface area contributed by atoms with Crippen molar-refractivity contribution in [1.29, 1.82) is 0 Å². The molecule has 0 atom stereocenters. The summed E-state index contributed by atoms with van der Waals surface area (Å²) in [7, 11) is -0.128. The highest BCUT2D eigenvalue weighted by Gasteiger charge is 2.24. The molecule has 1 saturated heterocycles. The minimum Gasteiger partial charge on any atom is -0.497 e. The molecule has 1 heterocycles. The van der Waals surface area contributed by atoms with Crippen molar-refractivity contribution in [1.82, 2.24) is 14.1 Å². The summed E-state index contributed by atoms with van der Waals surface area (Å²) in [5, 5.41) is 0. The van der Waals surface area contributed by atoms with E-state index in [9.17, 15) is 13.2 Å². The molecular weight excluding hydrogens is 414 g/mol. The van der Waals surface area contributed by atoms with E-state index in [2.05, 4.69) is 11.5 Å². The van der Waals surface area contributed by atoms with Crippen molar-refractivity contribution < 1.29 is 17.9 Å². The van der Waals surface area contributed by atoms with Crippen LogP contribution in [0.5, 0.6) is 5.75 Å². The van der Waals surface area contributed by atoms with E-state index in [1.54, 1.807) is 30.3 Å². The van der Waals surface area contributed by atoms with Crippen LogP contribution in [0, 0.1) is 0 Å². The lowest BCUT2D eigenvalue weighted by molar-refractivity contribution is 0.0664. The van der Waals surface area contributed by atoms with E-state index in [4.69, 9.17) is 4.74 Å². The van der Waals surface area contributed by atoms with Gasteiger partial charge in [-0.1, -0.05) is 18.2 Å². The maximum Gasteiger partial charge on any atom is 0.253 e. The molecule has 0 bridgehead atoms. The van der Waals surface area contributed by atoms with Crippen LogP contribution in [-0.2, 0) is 16.6 Å². The molecule has 0 spiro atoms. The van der Waals surface area contributed by atoms with Gasteiger partial charge >= 0.3 is 0 Å². The van der Waals surface area contributed by atoms with Gasteiger partial charge in [-0.2, -0.15) is 4.31 Å². The van der Waals surface area contributed by atoms with Crippen LogP contribution in [0.25, 0.3) is 0 Å². The Kier molecular flexibility index (Phi) is 7.48. The molecule has 1 aliphatic heterocycles. The lowest BCUT2D eigenvalue weighted by atomic mass is 10.1. The van der Waals surface area contributed by atoms with Gasteiger partial charge in [0.05, 0.1) is 12.0 Å². The van der Waals surface area contributed by atoms with E-state index in [0.29, 0.717) is 24.4 Å². The molecule has 0 unspecified atom stereocenters. The standard InChI is InChI=1S/C23H29N3O4S/c1-4-13-26(31(28,29)22-11-9-21(30-3)10-12-22)18-19-5-7-20(8-6-19)23(27)25-16-14-24(2)15-17-25/h4-12H,1,13-18H2,2-3H3. The fraction of sp³-hybridized carbons (Fsp3) is 0.348. The summed E-state index contributed by atoms with van der Waals surface area (Å²) < 4.78 is 32.7. The molecule has 8 heteroatoms. The molecule has 2 aromatic rings. The second-order valence-corrected chi connectivity index (χ2v) is 9.49. The van der Waals surface area contributed by atoms with Crippen molar-refractivity contribution in [3.05, 3.63) is 72.3 Å². The SMILES string of the molecule is C=CCN(Cc1ccc(C(=O)N2CCN(C)CC2)cc1)S(=O)(=O)c1ccc(OC)cc1. The van der Waals surface area contributed by atoms with Gasteiger partial charge < -0.3 is 14.5 Å². The van der Waals surface area contributed by atoms with Crippen molar-refractivity contribution in [3.63, 3.8) is 0 Å². The smallest absolute Gasteiger partial charge is 0.253 e. The van der Waals surface area contributed by atoms with Gasteiger partial charge in [-0.25, -0.2) is 8.42 Å². The Balaban J connectivity index is 1.73. The van der Waals surface area contributed by atoms with E-state index in [1.165, 1.54) is 23.5 Å². The zero-order chi connectivity index (χ0) is 22.4. The van der Waals surface area contributed by atoms with Crippen LogP contribution in [-0.4, -0.2) is 75.3 Å². The summed E-state index contributed by atoms with van der Waals surface area (Å²) >= 11 is 0. The van der Waals surface area contributed by atoms with E-state index in [1.807, 2.05) is 24.1 Å². The summed E-state index contributed by atoms with van der Waals surface area (Å²) in [6.45, 7) is 7.21. The summed E-state index contributed by atoms with van der Waals surface area (Å²) in [4.78, 5) is 17.0. The molecule has 0 radical (unpaired) electrons. The minimum absolute atomic E-state index is 0.00783. The van der Waals surface area contributed by atoms with Crippen LogP contribution in [0.3, 0.4) is 0 Å². The second-order valence-electron chi connectivity index (χ2n) is 7.55. The predicted octanol–water partition coefficient (Wildman–Crippen LogP) is 2.46. The van der Waals surface area contributed by atoms with Crippen LogP contribution in [0.2, 0.25) is 0 Å². The Morgan fingerprint density at radius 2 is 1.68 bits per heavy atom. The molecule has 31 heavy (non-hydrogen) atoms. The molecule has 1 aliphatic rings. The monoisotopic (exact) mass is 443 g/mol. The summed E-state index contributed by atoms with van der Waals surface area (Å²) in [6, 6.07) is 13.5. The highest BCUT2D eigenvalue weighted by molar-refractivity contribution is 7.89. The molecule has 7 nitrogen and oxygen atoms in total. The van der Waals surface area contributed by atoms with Gasteiger partial charge in [0.25, 0.3) is 5.91 Å². The Hall–Kier alpha value is -2.68. The van der Waals surface area contributed by atoms with E-state index < -0.39 is 10.0 Å². The maximum atomic E-state index is 13.1. The van der Waals surface area contributed by atoms with Crippen molar-refractivity contribution in [2.75, 3.05) is 46.9 Å². The fourth-order valence-corrected chi connectivity index (χ4v) is 4.84. The van der Waals surface area contributed by atoms with E-state index in [0.717, 1.165) is 18.7 Å². The Labute approximate surface area is 184 Å². The average Bonchev–Trinajstić information content (AvgIpc) is 2.79. The van der Waals surface area contributed by atoms with Crippen LogP contribution in [0.4, 0.5) is 0 Å². The summed E-state index contributed by atoms with van der Waals surface area (Å²) in [5.41, 5.74) is 1.41. The quantitative estimate of drug-likeness (QED) is 0.586. The number of sulfonamides is 1. The molecule has 0 aliphatic carbocycles. The molecule has 2 aromatic carbocycles. The zero-order valence-corrected chi connectivity index (χ0v) is 18.8. The van der Waals surface area contributed by atoms with Crippen LogP contribution < -0.4 is 4.74 Å². The molecule has 3 rings (SSSR count). The number of ether oxygens (including phenoxy) is 1. The third kappa shape index (κ3) is 5.52. The first-order chi connectivity index (χ1) is 14.8. The Bertz CT molecular complexity index is 996. The highest BCUT2D eigenvalue weighted by atomic mass is 32.2. The maximum absolute atomic E-state index is 13.1. The van der Waals surface area contributed by atoms with Crippen LogP contribution in [0.1, 0.15) is 15.9 Å². The predicted molar refractivity (Wildman–Crippen MR) is 121 cm³/mol. The highest BCUT2D eigenvalue weighted by Crippen LogP contribution is 2.21. The first kappa shape index (κ1) is 23.0. The number of likely N-dealkylation sites (N-methyl/N-ethyl adjacent to an activating group) is 1. The van der Waals surface area contributed by atoms with Gasteiger partial charge in [-0.3, -0.25) is 4.79 Å². The molecule has 0 aromatic heterocycles. The third-order valence-corrected chi connectivity index (χ3v) is 7.21. The number of carbonyl (C=O) groups excluding carboxylic acids is 1. The number of piperazine rings is 1. The van der Waals surface area contributed by atoms with E-state index >= 15 is 0 Å². The van der Waals surface area contributed by atoms with Gasteiger partial charge in [0, 0.05) is 44.8 Å². The first-order valence-corrected chi connectivity index (χ1v) is 11.6. The van der Waals surface area contributed by atoms with Crippen LogP contribution in [0.15, 0.2) is 66.1 Å². The van der Waals surface area contributed by atoms with Crippen LogP contribution >= 0.6 is 0 Å². The number of rotatable bonds is 8. The molecule has 166 valence electrons. The van der Waals surface area contributed by atoms with Crippen molar-refractivity contribution in [2.24, 2.45) is 0 Å². The second kappa shape index (κ2) is 10.1. The molecule has 1 fully saturated rings. The molecule has 0 N–H and O–H groups in total. The van der Waals surface area contributed by atoms with Crippen molar-refractivity contribution >= 4 is 15.9 Å². The number of benzene rings is 2. The molecular formula is C23H29N3O4S. The van der Waals surface area contributed by atoms with Gasteiger partial charge in [0.2, 0.25) is 10.0 Å². The fourth-order valence-electron chi connectivity index (χ4n) is 3.44. The zero-order valence-electron chi connectivity index (χ0n) is 18.0. The number of hydrogen-bond acceptors (Lipinski definition) is 5. The number of amides is 1. The van der Waals surface area contributed by atoms with Crippen molar-refractivity contribution in [3.8, 4) is 5.75 Å². The number of methoxy groups -OCH3 is 1. The normalized spacial score (nSPS) is 15.1. The summed E-state index contributed by atoms with van der Waals surface area (Å²) in [6.07, 6.45) is 1.56. The van der Waals surface area contributed by atoms with Gasteiger partial charge in [-0.15, -0.1) is 6.58 Å². The van der Waals surface area contributed by atoms with Crippen molar-refractivity contribution in [2.45, 2.75) is 11.4 Å². The topological polar surface area (TPSA) is 70.2 Å². The number of carbonyl (C=O) groups is 1. The minimum atomic E-state index is -3.71. The lowest BCUT2D eigenvalue weighted by Crippen LogP contribution is -2.47. The largest absolute Gasteiger partial charge is 0.497 e. The summed E-state index contributed by atoms with van der Waals surface area (Å²) in [5.74, 6) is 0.600. The van der Waals surface area contributed by atoms with E-state index in [-0.39, 0.29) is 23.9 Å².